The first-order valence-corrected chi connectivity index (χ1v) is 19.8. The number of aryl methyl sites for hydroxylation is 4. The standard InChI is InChI=1S/C21H25.C15H14.C13H21.2ClH.Zr/c1-20(2,3)16-7-9-18-14(12-16)11-15-13-17(21(4,5)6)8-10-19(15)18;1-12-3-7-14(8-4-12)11-15-9-5-13(2)6-10-15;1-6-10-8-11(7-2)12(9-10)13(3,4)5;;;/h7-10,12H,11H2,1-6H3;3-10H,1-2H3;8-9H,6-7H2,1-5H3;2*1H;/q-1;;-1;;;+2/p-2. The Bertz CT molecular complexity index is 1790. The molecule has 0 radical (unpaired) electrons. The molecule has 0 aromatic heterocycles. The van der Waals surface area contributed by atoms with Crippen LogP contribution in [0.25, 0.3) is 11.1 Å². The molecule has 0 heterocycles. The van der Waals surface area contributed by atoms with Crippen LogP contribution < -0.4 is 24.8 Å². The van der Waals surface area contributed by atoms with Gasteiger partial charge in [0, 0.05) is 0 Å². The van der Waals surface area contributed by atoms with Crippen LogP contribution in [-0.2, 0) is 59.7 Å². The second-order valence-corrected chi connectivity index (χ2v) is 18.4. The zero-order valence-corrected chi connectivity index (χ0v) is 38.0. The van der Waals surface area contributed by atoms with Gasteiger partial charge in [0.25, 0.3) is 0 Å². The fourth-order valence-corrected chi connectivity index (χ4v) is 7.27. The third-order valence-corrected chi connectivity index (χ3v) is 11.2. The molecule has 0 amide bonds. The van der Waals surface area contributed by atoms with Gasteiger partial charge in [-0.15, -0.1) is 11.1 Å². The van der Waals surface area contributed by atoms with Gasteiger partial charge in [-0.25, -0.2) is 6.07 Å². The number of fused-ring (bicyclic) bond motifs is 3. The summed E-state index contributed by atoms with van der Waals surface area (Å²) in [5.41, 5.74) is 18.9. The van der Waals surface area contributed by atoms with Crippen LogP contribution in [0.5, 0.6) is 0 Å². The Morgan fingerprint density at radius 1 is 0.635 bits per heavy atom. The molecule has 0 aliphatic heterocycles. The third kappa shape index (κ3) is 11.8. The molecule has 0 saturated heterocycles. The maximum atomic E-state index is 3.67. The third-order valence-electron chi connectivity index (χ3n) is 9.78. The molecule has 1 aliphatic carbocycles. The summed E-state index contributed by atoms with van der Waals surface area (Å²) in [6.45, 7) is 29.2. The van der Waals surface area contributed by atoms with Crippen molar-refractivity contribution in [1.82, 2.24) is 0 Å². The molecular weight excluding hydrogens is 751 g/mol. The molecule has 0 N–H and O–H groups in total. The Morgan fingerprint density at radius 2 is 1.15 bits per heavy atom. The van der Waals surface area contributed by atoms with E-state index in [0.29, 0.717) is 5.41 Å². The summed E-state index contributed by atoms with van der Waals surface area (Å²) in [5, 5.41) is 0. The van der Waals surface area contributed by atoms with Gasteiger partial charge in [-0.1, -0.05) is 118 Å². The van der Waals surface area contributed by atoms with Gasteiger partial charge < -0.3 is 24.8 Å². The summed E-state index contributed by atoms with van der Waals surface area (Å²) in [7, 11) is 0. The van der Waals surface area contributed by atoms with E-state index in [1.165, 1.54) is 99.8 Å². The first-order valence-electron chi connectivity index (χ1n) is 18.5. The van der Waals surface area contributed by atoms with Gasteiger partial charge in [0.05, 0.1) is 0 Å². The van der Waals surface area contributed by atoms with Gasteiger partial charge in [0.1, 0.15) is 0 Å². The molecule has 276 valence electrons. The molecule has 1 aliphatic rings. The van der Waals surface area contributed by atoms with E-state index in [4.69, 9.17) is 0 Å². The van der Waals surface area contributed by atoms with Crippen LogP contribution in [0.1, 0.15) is 137 Å². The fourth-order valence-electron chi connectivity index (χ4n) is 6.45. The van der Waals surface area contributed by atoms with Gasteiger partial charge in [-0.2, -0.15) is 46.5 Å². The number of halogens is 2. The van der Waals surface area contributed by atoms with Crippen molar-refractivity contribution in [3.05, 3.63) is 158 Å². The van der Waals surface area contributed by atoms with E-state index in [-0.39, 0.29) is 35.6 Å². The van der Waals surface area contributed by atoms with Crippen molar-refractivity contribution < 1.29 is 49.0 Å². The summed E-state index contributed by atoms with van der Waals surface area (Å²) >= 11 is 1.46. The summed E-state index contributed by atoms with van der Waals surface area (Å²) in [6, 6.07) is 37.4. The van der Waals surface area contributed by atoms with E-state index >= 15 is 0 Å². The van der Waals surface area contributed by atoms with Crippen LogP contribution in [0.4, 0.5) is 0 Å². The molecule has 3 heteroatoms. The van der Waals surface area contributed by atoms with E-state index < -0.39 is 0 Å². The van der Waals surface area contributed by atoms with E-state index in [1.807, 2.05) is 0 Å². The van der Waals surface area contributed by atoms with E-state index in [1.54, 1.807) is 0 Å². The monoisotopic (exact) mass is 808 g/mol. The maximum Gasteiger partial charge on any atom is -1.00 e. The van der Waals surface area contributed by atoms with Crippen LogP contribution in [0, 0.1) is 19.9 Å². The summed E-state index contributed by atoms with van der Waals surface area (Å²) < 4.78 is 1.42. The molecular formula is C49H60Cl2Zr-2. The molecule has 52 heavy (non-hydrogen) atoms. The minimum atomic E-state index is 0. The zero-order chi connectivity index (χ0) is 37.0. The molecule has 0 saturated carbocycles. The molecule has 0 unspecified atom stereocenters. The number of benzene rings is 4. The van der Waals surface area contributed by atoms with Gasteiger partial charge in [-0.3, -0.25) is 0 Å². The second-order valence-electron chi connectivity index (χ2n) is 17.2. The minimum Gasteiger partial charge on any atom is -1.00 e. The van der Waals surface area contributed by atoms with Crippen LogP contribution in [0.3, 0.4) is 0 Å². The van der Waals surface area contributed by atoms with Crippen molar-refractivity contribution in [1.29, 1.82) is 0 Å². The maximum absolute atomic E-state index is 3.67. The van der Waals surface area contributed by atoms with Crippen LogP contribution in [-0.4, -0.2) is 3.21 Å². The molecule has 6 rings (SSSR count). The van der Waals surface area contributed by atoms with E-state index in [0.717, 1.165) is 19.3 Å². The van der Waals surface area contributed by atoms with Gasteiger partial charge in [0.15, 0.2) is 0 Å². The molecule has 0 fully saturated rings. The largest absolute Gasteiger partial charge is 1.00 e. The SMILES string of the molecule is CC(C)(C)c1[c-]c2c(cc1)-c1ccc(C(C)(C)C)cc1C2.CCc1cc(C(C)(C)C)c(CC)[cH-]1.Cc1ccc([C](=[Zr+2])c2ccc(C)cc2)cc1.[Cl-].[Cl-]. The van der Waals surface area contributed by atoms with E-state index in [2.05, 4.69) is 187 Å². The minimum absolute atomic E-state index is 0. The van der Waals surface area contributed by atoms with Crippen molar-refractivity contribution in [2.45, 2.75) is 126 Å². The number of hydrogen-bond donors (Lipinski definition) is 0. The quantitative estimate of drug-likeness (QED) is 0.170. The molecule has 0 bridgehead atoms. The van der Waals surface area contributed by atoms with Gasteiger partial charge in [0.2, 0.25) is 0 Å². The Hall–Kier alpha value is -2.44. The van der Waals surface area contributed by atoms with Crippen molar-refractivity contribution in [3.8, 4) is 11.1 Å². The number of hydrogen-bond acceptors (Lipinski definition) is 0. The molecule has 5 aromatic carbocycles. The van der Waals surface area contributed by atoms with Crippen LogP contribution >= 0.6 is 0 Å². The predicted octanol–water partition coefficient (Wildman–Crippen LogP) is 6.91. The van der Waals surface area contributed by atoms with Crippen molar-refractivity contribution in [2.75, 3.05) is 0 Å². The smallest absolute Gasteiger partial charge is 1.00 e. The van der Waals surface area contributed by atoms with Crippen molar-refractivity contribution in [3.63, 3.8) is 0 Å². The first kappa shape index (κ1) is 45.7. The van der Waals surface area contributed by atoms with Crippen molar-refractivity contribution >= 4 is 3.21 Å². The Labute approximate surface area is 344 Å². The Morgan fingerprint density at radius 3 is 1.58 bits per heavy atom. The fraction of sp³-hybridized carbons (Fsp3) is 0.388. The van der Waals surface area contributed by atoms with Gasteiger partial charge >= 0.3 is 112 Å². The Kier molecular flexibility index (Phi) is 16.5. The molecule has 5 aromatic rings. The van der Waals surface area contributed by atoms with Gasteiger partial charge in [-0.05, 0) is 28.4 Å². The summed E-state index contributed by atoms with van der Waals surface area (Å²) in [6.07, 6.45) is 3.34. The average molecular weight is 811 g/mol. The Balaban J connectivity index is 0.000000273. The summed E-state index contributed by atoms with van der Waals surface area (Å²) in [5.74, 6) is 0. The number of rotatable bonds is 4. The second kappa shape index (κ2) is 18.7. The van der Waals surface area contributed by atoms with Crippen LogP contribution in [0.15, 0.2) is 91.0 Å². The topological polar surface area (TPSA) is 0 Å². The molecule has 0 atom stereocenters. The molecule has 0 nitrogen and oxygen atoms in total. The summed E-state index contributed by atoms with van der Waals surface area (Å²) in [4.78, 5) is 0. The first-order chi connectivity index (χ1) is 23.3. The molecule has 0 spiro atoms. The van der Waals surface area contributed by atoms with Crippen molar-refractivity contribution in [2.24, 2.45) is 0 Å². The normalized spacial score (nSPS) is 11.8. The zero-order valence-electron chi connectivity index (χ0n) is 34.0. The van der Waals surface area contributed by atoms with E-state index in [9.17, 15) is 0 Å². The average Bonchev–Trinajstić information content (AvgIpc) is 3.66. The van der Waals surface area contributed by atoms with Crippen LogP contribution in [0.2, 0.25) is 0 Å². The predicted molar refractivity (Wildman–Crippen MR) is 216 cm³/mol.